The van der Waals surface area contributed by atoms with Crippen LogP contribution in [0.2, 0.25) is 0 Å². The summed E-state index contributed by atoms with van der Waals surface area (Å²) in [4.78, 5) is 10.7. The SMILES string of the molecule is Cc1cc(C=CC#N)cc(C)c1Oc1ccnc(Nc2ccc(N3CCN(S(C)(=O)=O)CC3)c(C#N)c2)n1. The minimum Gasteiger partial charge on any atom is -0.438 e. The number of ether oxygens (including phenoxy) is 1. The van der Waals surface area contributed by atoms with Crippen LogP contribution in [-0.2, 0) is 10.0 Å². The average Bonchev–Trinajstić information content (AvgIpc) is 2.89. The lowest BCUT2D eigenvalue weighted by molar-refractivity contribution is 0.388. The molecule has 4 rings (SSSR count). The molecule has 0 radical (unpaired) electrons. The Kier molecular flexibility index (Phi) is 7.91. The lowest BCUT2D eigenvalue weighted by Gasteiger charge is -2.35. The van der Waals surface area contributed by atoms with Crippen LogP contribution in [-0.4, -0.2) is 55.1 Å². The molecule has 1 aliphatic rings. The standard InChI is InChI=1S/C27H27N7O3S/c1-19-15-21(5-4-9-28)16-20(2)26(19)37-25-8-10-30-27(32-25)31-23-6-7-24(22(17-23)18-29)33-11-13-34(14-12-33)38(3,35)36/h4-8,10,15-17H,11-14H2,1-3H3,(H,30,31,32). The van der Waals surface area contributed by atoms with Crippen molar-refractivity contribution in [3.8, 4) is 23.8 Å². The topological polar surface area (TPSA) is 135 Å². The predicted molar refractivity (Wildman–Crippen MR) is 146 cm³/mol. The van der Waals surface area contributed by atoms with Crippen LogP contribution >= 0.6 is 0 Å². The highest BCUT2D eigenvalue weighted by Crippen LogP contribution is 2.31. The van der Waals surface area contributed by atoms with Crippen molar-refractivity contribution in [1.82, 2.24) is 14.3 Å². The van der Waals surface area contributed by atoms with Gasteiger partial charge in [0.1, 0.15) is 11.8 Å². The van der Waals surface area contributed by atoms with Crippen LogP contribution in [0.5, 0.6) is 11.6 Å². The molecular formula is C27H27N7O3S. The van der Waals surface area contributed by atoms with Crippen LogP contribution in [0.1, 0.15) is 22.3 Å². The molecule has 0 amide bonds. The third-order valence-electron chi connectivity index (χ3n) is 6.09. The van der Waals surface area contributed by atoms with Crippen molar-refractivity contribution in [3.05, 3.63) is 70.9 Å². The summed E-state index contributed by atoms with van der Waals surface area (Å²) >= 11 is 0. The summed E-state index contributed by atoms with van der Waals surface area (Å²) in [5.74, 6) is 1.34. The smallest absolute Gasteiger partial charge is 0.230 e. The van der Waals surface area contributed by atoms with Gasteiger partial charge in [-0.1, -0.05) is 0 Å². The Morgan fingerprint density at radius 1 is 1.05 bits per heavy atom. The molecule has 2 heterocycles. The van der Waals surface area contributed by atoms with E-state index < -0.39 is 10.0 Å². The molecule has 0 bridgehead atoms. The minimum absolute atomic E-state index is 0.310. The Morgan fingerprint density at radius 2 is 1.76 bits per heavy atom. The second kappa shape index (κ2) is 11.3. The Morgan fingerprint density at radius 3 is 2.39 bits per heavy atom. The van der Waals surface area contributed by atoms with Gasteiger partial charge in [0.15, 0.2) is 0 Å². The molecule has 0 saturated carbocycles. The Labute approximate surface area is 222 Å². The highest BCUT2D eigenvalue weighted by atomic mass is 32.2. The van der Waals surface area contributed by atoms with Gasteiger partial charge < -0.3 is 15.0 Å². The van der Waals surface area contributed by atoms with Crippen molar-refractivity contribution in [3.63, 3.8) is 0 Å². The minimum atomic E-state index is -3.23. The van der Waals surface area contributed by atoms with Crippen molar-refractivity contribution in [2.24, 2.45) is 0 Å². The molecule has 38 heavy (non-hydrogen) atoms. The zero-order valence-electron chi connectivity index (χ0n) is 21.3. The summed E-state index contributed by atoms with van der Waals surface area (Å²) in [6.45, 7) is 5.62. The molecule has 194 valence electrons. The van der Waals surface area contributed by atoms with Gasteiger partial charge in [-0.15, -0.1) is 0 Å². The third kappa shape index (κ3) is 6.27. The lowest BCUT2D eigenvalue weighted by Crippen LogP contribution is -2.48. The number of hydrogen-bond acceptors (Lipinski definition) is 9. The molecule has 3 aromatic rings. The van der Waals surface area contributed by atoms with Crippen molar-refractivity contribution in [2.75, 3.05) is 42.7 Å². The van der Waals surface area contributed by atoms with Gasteiger partial charge in [-0.25, -0.2) is 13.4 Å². The maximum atomic E-state index is 11.8. The van der Waals surface area contributed by atoms with Gasteiger partial charge in [0.25, 0.3) is 0 Å². The number of nitrogens with one attached hydrogen (secondary N) is 1. The van der Waals surface area contributed by atoms with E-state index in [1.807, 2.05) is 49.1 Å². The zero-order valence-corrected chi connectivity index (χ0v) is 22.2. The van der Waals surface area contributed by atoms with E-state index in [1.54, 1.807) is 24.4 Å². The number of sulfonamides is 1. The van der Waals surface area contributed by atoms with Gasteiger partial charge in [0.2, 0.25) is 21.9 Å². The molecule has 1 N–H and O–H groups in total. The van der Waals surface area contributed by atoms with E-state index in [2.05, 4.69) is 21.4 Å². The van der Waals surface area contributed by atoms with E-state index in [0.717, 1.165) is 22.4 Å². The molecule has 2 aromatic carbocycles. The maximum absolute atomic E-state index is 11.8. The van der Waals surface area contributed by atoms with E-state index in [0.29, 0.717) is 55.0 Å². The number of piperazine rings is 1. The van der Waals surface area contributed by atoms with Gasteiger partial charge in [-0.3, -0.25) is 0 Å². The van der Waals surface area contributed by atoms with Crippen LogP contribution in [0.25, 0.3) is 6.08 Å². The largest absolute Gasteiger partial charge is 0.438 e. The van der Waals surface area contributed by atoms with Gasteiger partial charge >= 0.3 is 0 Å². The molecule has 1 aromatic heterocycles. The van der Waals surface area contributed by atoms with Crippen LogP contribution in [0.3, 0.4) is 0 Å². The second-order valence-corrected chi connectivity index (χ2v) is 10.9. The molecule has 0 spiro atoms. The quantitative estimate of drug-likeness (QED) is 0.448. The summed E-state index contributed by atoms with van der Waals surface area (Å²) in [6, 6.07) is 15.1. The second-order valence-electron chi connectivity index (χ2n) is 8.88. The first kappa shape index (κ1) is 26.6. The van der Waals surface area contributed by atoms with Crippen molar-refractivity contribution < 1.29 is 13.2 Å². The molecule has 1 saturated heterocycles. The van der Waals surface area contributed by atoms with E-state index in [4.69, 9.17) is 10.00 Å². The Balaban J connectivity index is 1.48. The number of rotatable bonds is 7. The van der Waals surface area contributed by atoms with Gasteiger partial charge in [0, 0.05) is 50.2 Å². The summed E-state index contributed by atoms with van der Waals surface area (Å²) in [7, 11) is -3.23. The number of anilines is 3. The molecule has 0 aliphatic carbocycles. The summed E-state index contributed by atoms with van der Waals surface area (Å²) in [5, 5.41) is 21.7. The van der Waals surface area contributed by atoms with Crippen molar-refractivity contribution in [1.29, 1.82) is 10.5 Å². The number of allylic oxidation sites excluding steroid dienone is 1. The Bertz CT molecular complexity index is 1540. The molecule has 11 heteroatoms. The van der Waals surface area contributed by atoms with Crippen LogP contribution in [0.4, 0.5) is 17.3 Å². The van der Waals surface area contributed by atoms with E-state index in [-0.39, 0.29) is 0 Å². The van der Waals surface area contributed by atoms with Crippen LogP contribution in [0.15, 0.2) is 48.7 Å². The number of nitrogens with zero attached hydrogens (tertiary/aromatic N) is 6. The van der Waals surface area contributed by atoms with Crippen LogP contribution < -0.4 is 15.0 Å². The number of nitriles is 2. The summed E-state index contributed by atoms with van der Waals surface area (Å²) in [5.41, 5.74) is 4.58. The van der Waals surface area contributed by atoms with E-state index >= 15 is 0 Å². The summed E-state index contributed by atoms with van der Waals surface area (Å²) in [6.07, 6.45) is 5.97. The zero-order chi connectivity index (χ0) is 27.3. The fourth-order valence-electron chi connectivity index (χ4n) is 4.31. The number of aryl methyl sites for hydroxylation is 2. The molecule has 0 atom stereocenters. The Hall–Kier alpha value is -4.45. The highest BCUT2D eigenvalue weighted by molar-refractivity contribution is 7.88. The van der Waals surface area contributed by atoms with E-state index in [1.165, 1.54) is 16.6 Å². The number of hydrogen-bond donors (Lipinski definition) is 1. The predicted octanol–water partition coefficient (Wildman–Crippen LogP) is 4.12. The van der Waals surface area contributed by atoms with Crippen molar-refractivity contribution in [2.45, 2.75) is 13.8 Å². The fraction of sp³-hybridized carbons (Fsp3) is 0.259. The number of aromatic nitrogens is 2. The first-order valence-corrected chi connectivity index (χ1v) is 13.7. The first-order chi connectivity index (χ1) is 18.2. The molecule has 10 nitrogen and oxygen atoms in total. The van der Waals surface area contributed by atoms with Gasteiger partial charge in [0.05, 0.1) is 23.6 Å². The number of benzene rings is 2. The maximum Gasteiger partial charge on any atom is 0.230 e. The van der Waals surface area contributed by atoms with Gasteiger partial charge in [-0.05, 0) is 66.9 Å². The lowest BCUT2D eigenvalue weighted by atomic mass is 10.1. The molecule has 0 unspecified atom stereocenters. The normalized spacial score (nSPS) is 14.2. The highest BCUT2D eigenvalue weighted by Gasteiger charge is 2.24. The third-order valence-corrected chi connectivity index (χ3v) is 7.39. The monoisotopic (exact) mass is 529 g/mol. The fourth-order valence-corrected chi connectivity index (χ4v) is 5.13. The van der Waals surface area contributed by atoms with Crippen LogP contribution in [0, 0.1) is 36.5 Å². The van der Waals surface area contributed by atoms with Crippen molar-refractivity contribution >= 4 is 33.4 Å². The average molecular weight is 530 g/mol. The first-order valence-electron chi connectivity index (χ1n) is 11.9. The molecular weight excluding hydrogens is 502 g/mol. The summed E-state index contributed by atoms with van der Waals surface area (Å²) < 4.78 is 31.1. The van der Waals surface area contributed by atoms with Gasteiger partial charge in [-0.2, -0.15) is 19.8 Å². The molecule has 1 fully saturated rings. The molecule has 1 aliphatic heterocycles. The van der Waals surface area contributed by atoms with E-state index in [9.17, 15) is 13.7 Å².